The number of fused-ring (bicyclic) bond motifs is 6. The van der Waals surface area contributed by atoms with Crippen LogP contribution in [0, 0.1) is 34.5 Å². The van der Waals surface area contributed by atoms with Crippen LogP contribution in [-0.2, 0) is 14.3 Å². The summed E-state index contributed by atoms with van der Waals surface area (Å²) in [6.07, 6.45) is 13.7. The molecule has 4 fully saturated rings. The lowest BCUT2D eigenvalue weighted by molar-refractivity contribution is -0.171. The lowest BCUT2D eigenvalue weighted by atomic mass is 9.43. The number of ether oxygens (including phenoxy) is 1. The molecule has 4 aliphatic carbocycles. The molecule has 5 rings (SSSR count). The van der Waals surface area contributed by atoms with Crippen molar-refractivity contribution in [3.05, 3.63) is 11.6 Å². The Bertz CT molecular complexity index is 738. The fraction of sp³-hybridized carbons (Fsp3) is 0.840. The van der Waals surface area contributed by atoms with Gasteiger partial charge in [-0.15, -0.1) is 0 Å². The maximum absolute atomic E-state index is 12.2. The molecule has 0 bridgehead atoms. The minimum atomic E-state index is -0.184. The molecule has 3 heteroatoms. The Labute approximate surface area is 169 Å². The third-order valence-corrected chi connectivity index (χ3v) is 10.1. The Morgan fingerprint density at radius 3 is 2.54 bits per heavy atom. The van der Waals surface area contributed by atoms with Crippen LogP contribution in [0.4, 0.5) is 0 Å². The van der Waals surface area contributed by atoms with Gasteiger partial charge in [-0.25, -0.2) is 0 Å². The third kappa shape index (κ3) is 2.34. The molecule has 5 aliphatic rings. The molecule has 1 heterocycles. The van der Waals surface area contributed by atoms with Crippen LogP contribution in [0.5, 0.6) is 0 Å². The van der Waals surface area contributed by atoms with Crippen molar-refractivity contribution in [1.29, 1.82) is 0 Å². The van der Waals surface area contributed by atoms with Gasteiger partial charge in [-0.05, 0) is 80.1 Å². The number of esters is 1. The van der Waals surface area contributed by atoms with Gasteiger partial charge in [0.2, 0.25) is 0 Å². The molecule has 3 nitrogen and oxygen atoms in total. The molecule has 0 aromatic rings. The van der Waals surface area contributed by atoms with Gasteiger partial charge in [0.15, 0.2) is 5.78 Å². The second-order valence-corrected chi connectivity index (χ2v) is 11.1. The maximum Gasteiger partial charge on any atom is 0.306 e. The number of hydrogen-bond donors (Lipinski definition) is 0. The molecule has 5 unspecified atom stereocenters. The molecule has 0 radical (unpaired) electrons. The van der Waals surface area contributed by atoms with Crippen LogP contribution in [0.15, 0.2) is 11.6 Å². The average Bonchev–Trinajstić information content (AvgIpc) is 3.18. The summed E-state index contributed by atoms with van der Waals surface area (Å²) in [7, 11) is 0. The van der Waals surface area contributed by atoms with E-state index < -0.39 is 0 Å². The van der Waals surface area contributed by atoms with Crippen LogP contribution >= 0.6 is 0 Å². The van der Waals surface area contributed by atoms with Crippen molar-refractivity contribution < 1.29 is 14.3 Å². The van der Waals surface area contributed by atoms with E-state index in [1.54, 1.807) is 0 Å². The maximum atomic E-state index is 12.2. The Kier molecular flexibility index (Phi) is 4.17. The zero-order valence-electron chi connectivity index (χ0n) is 17.9. The Morgan fingerprint density at radius 2 is 1.82 bits per heavy atom. The van der Waals surface area contributed by atoms with Crippen molar-refractivity contribution >= 4 is 11.8 Å². The first-order chi connectivity index (χ1) is 13.3. The Morgan fingerprint density at radius 1 is 1.04 bits per heavy atom. The normalized spacial score (nSPS) is 50.0. The highest BCUT2D eigenvalue weighted by Crippen LogP contribution is 2.71. The largest absolute Gasteiger partial charge is 0.458 e. The van der Waals surface area contributed by atoms with E-state index in [-0.39, 0.29) is 22.4 Å². The van der Waals surface area contributed by atoms with Crippen LogP contribution in [0.1, 0.15) is 91.4 Å². The molecule has 0 amide bonds. The fourth-order valence-electron chi connectivity index (χ4n) is 8.67. The summed E-state index contributed by atoms with van der Waals surface area (Å²) in [4.78, 5) is 24.3. The van der Waals surface area contributed by atoms with Crippen molar-refractivity contribution in [2.45, 2.75) is 97.0 Å². The number of carbonyl (C=O) groups is 2. The van der Waals surface area contributed by atoms with Gasteiger partial charge in [0.25, 0.3) is 0 Å². The lowest BCUT2D eigenvalue weighted by Gasteiger charge is -2.61. The summed E-state index contributed by atoms with van der Waals surface area (Å²) in [5, 5.41) is 0. The second-order valence-electron chi connectivity index (χ2n) is 11.1. The van der Waals surface area contributed by atoms with Gasteiger partial charge in [-0.3, -0.25) is 9.59 Å². The van der Waals surface area contributed by atoms with Gasteiger partial charge < -0.3 is 4.74 Å². The highest BCUT2D eigenvalue weighted by atomic mass is 16.6. The highest BCUT2D eigenvalue weighted by molar-refractivity contribution is 5.91. The van der Waals surface area contributed by atoms with Gasteiger partial charge in [-0.2, -0.15) is 0 Å². The summed E-state index contributed by atoms with van der Waals surface area (Å²) in [5.74, 6) is 3.16. The molecular formula is C25H36O3. The van der Waals surface area contributed by atoms with Crippen molar-refractivity contribution in [3.8, 4) is 0 Å². The van der Waals surface area contributed by atoms with E-state index in [1.165, 1.54) is 37.7 Å². The minimum absolute atomic E-state index is 0.0284. The van der Waals surface area contributed by atoms with Crippen LogP contribution in [-0.4, -0.2) is 17.4 Å². The van der Waals surface area contributed by atoms with Crippen LogP contribution in [0.25, 0.3) is 0 Å². The standard InChI is InChI=1S/C25H36O3/c1-4-5-16-14-17-15-18(26)6-10-23(17,2)19-7-11-24(3)20(22(16)19)8-12-25(24)13-9-21(27)28-25/h15-16,19-20,22H,4-14H2,1-3H3/t16-,19?,20?,22?,23?,24?,25-/m1/s1. The zero-order chi connectivity index (χ0) is 19.7. The molecule has 1 aliphatic heterocycles. The quantitative estimate of drug-likeness (QED) is 0.580. The van der Waals surface area contributed by atoms with Gasteiger partial charge in [0.05, 0.1) is 0 Å². The molecule has 0 aromatic heterocycles. The Hall–Kier alpha value is -1.12. The first-order valence-corrected chi connectivity index (χ1v) is 11.8. The second kappa shape index (κ2) is 6.19. The molecule has 3 saturated carbocycles. The predicted octanol–water partition coefficient (Wildman–Crippen LogP) is 5.62. The van der Waals surface area contributed by atoms with Crippen LogP contribution < -0.4 is 0 Å². The average molecular weight is 385 g/mol. The van der Waals surface area contributed by atoms with E-state index in [1.807, 2.05) is 6.08 Å². The molecule has 0 N–H and O–H groups in total. The van der Waals surface area contributed by atoms with Crippen molar-refractivity contribution in [3.63, 3.8) is 0 Å². The molecule has 1 saturated heterocycles. The SMILES string of the molecule is CCC[C@@H]1CC2=CC(=O)CCC2(C)C2CCC3(C)C(CC[C@@]34CCC(=O)O4)C21. The lowest BCUT2D eigenvalue weighted by Crippen LogP contribution is -2.57. The van der Waals surface area contributed by atoms with Gasteiger partial charge >= 0.3 is 5.97 Å². The van der Waals surface area contributed by atoms with Crippen LogP contribution in [0.3, 0.4) is 0 Å². The van der Waals surface area contributed by atoms with E-state index in [0.717, 1.165) is 38.0 Å². The van der Waals surface area contributed by atoms with Gasteiger partial charge in [0, 0.05) is 18.3 Å². The summed E-state index contributed by atoms with van der Waals surface area (Å²) in [6, 6.07) is 0. The van der Waals surface area contributed by atoms with Gasteiger partial charge in [-0.1, -0.05) is 39.2 Å². The molecule has 154 valence electrons. The van der Waals surface area contributed by atoms with E-state index in [2.05, 4.69) is 20.8 Å². The summed E-state index contributed by atoms with van der Waals surface area (Å²) in [5.41, 5.74) is 1.64. The first kappa shape index (κ1) is 18.9. The molecule has 0 aromatic carbocycles. The number of allylic oxidation sites excluding steroid dienone is 1. The predicted molar refractivity (Wildman–Crippen MR) is 109 cm³/mol. The number of rotatable bonds is 2. The minimum Gasteiger partial charge on any atom is -0.458 e. The summed E-state index contributed by atoms with van der Waals surface area (Å²) < 4.78 is 6.11. The molecular weight excluding hydrogens is 348 g/mol. The number of ketones is 1. The summed E-state index contributed by atoms with van der Waals surface area (Å²) >= 11 is 0. The number of hydrogen-bond acceptors (Lipinski definition) is 3. The monoisotopic (exact) mass is 384 g/mol. The van der Waals surface area contributed by atoms with Crippen molar-refractivity contribution in [2.75, 3.05) is 0 Å². The molecule has 28 heavy (non-hydrogen) atoms. The molecule has 1 spiro atoms. The van der Waals surface area contributed by atoms with Crippen LogP contribution in [0.2, 0.25) is 0 Å². The number of carbonyl (C=O) groups excluding carboxylic acids is 2. The van der Waals surface area contributed by atoms with E-state index in [4.69, 9.17) is 4.74 Å². The van der Waals surface area contributed by atoms with E-state index in [0.29, 0.717) is 30.0 Å². The van der Waals surface area contributed by atoms with Crippen molar-refractivity contribution in [1.82, 2.24) is 0 Å². The topological polar surface area (TPSA) is 43.4 Å². The van der Waals surface area contributed by atoms with E-state index in [9.17, 15) is 9.59 Å². The zero-order valence-corrected chi connectivity index (χ0v) is 17.9. The third-order valence-electron chi connectivity index (χ3n) is 10.1. The van der Waals surface area contributed by atoms with Crippen molar-refractivity contribution in [2.24, 2.45) is 34.5 Å². The van der Waals surface area contributed by atoms with E-state index >= 15 is 0 Å². The fourth-order valence-corrected chi connectivity index (χ4v) is 8.67. The van der Waals surface area contributed by atoms with Gasteiger partial charge in [0.1, 0.15) is 5.60 Å². The Balaban J connectivity index is 1.54. The first-order valence-electron chi connectivity index (χ1n) is 11.8. The highest BCUT2D eigenvalue weighted by Gasteiger charge is 2.68. The molecule has 7 atom stereocenters. The summed E-state index contributed by atoms with van der Waals surface area (Å²) in [6.45, 7) is 7.23. The smallest absolute Gasteiger partial charge is 0.306 e.